The van der Waals surface area contributed by atoms with Crippen molar-refractivity contribution in [1.82, 2.24) is 10.2 Å². The van der Waals surface area contributed by atoms with Crippen molar-refractivity contribution in [2.75, 3.05) is 33.4 Å². The van der Waals surface area contributed by atoms with Crippen LogP contribution in [0.3, 0.4) is 0 Å². The smallest absolute Gasteiger partial charge is 0.328 e. The van der Waals surface area contributed by atoms with Gasteiger partial charge in [-0.15, -0.1) is 0 Å². The van der Waals surface area contributed by atoms with E-state index in [1.54, 1.807) is 4.90 Å². The zero-order chi connectivity index (χ0) is 12.3. The Morgan fingerprint density at radius 1 is 1.47 bits per heavy atom. The Bertz CT molecular complexity index is 302. The number of morpholine rings is 1. The fraction of sp³-hybridized carbons (Fsp3) is 0.818. The molecule has 96 valence electrons. The first-order valence-corrected chi connectivity index (χ1v) is 5.93. The Hall–Kier alpha value is -1.14. The van der Waals surface area contributed by atoms with Gasteiger partial charge in [-0.3, -0.25) is 4.79 Å². The van der Waals surface area contributed by atoms with E-state index in [0.717, 1.165) is 6.42 Å². The molecule has 0 radical (unpaired) electrons. The van der Waals surface area contributed by atoms with Gasteiger partial charge in [-0.1, -0.05) is 0 Å². The highest BCUT2D eigenvalue weighted by molar-refractivity contribution is 5.88. The molecule has 17 heavy (non-hydrogen) atoms. The maximum absolute atomic E-state index is 12.2. The second-order valence-corrected chi connectivity index (χ2v) is 4.29. The lowest BCUT2D eigenvalue weighted by Crippen LogP contribution is -2.54. The molecule has 1 amide bonds. The molecule has 2 saturated heterocycles. The van der Waals surface area contributed by atoms with E-state index < -0.39 is 6.04 Å². The molecule has 0 aromatic rings. The summed E-state index contributed by atoms with van der Waals surface area (Å²) in [6.45, 7) is 2.30. The molecule has 6 nitrogen and oxygen atoms in total. The van der Waals surface area contributed by atoms with Gasteiger partial charge in [-0.2, -0.15) is 0 Å². The fourth-order valence-corrected chi connectivity index (χ4v) is 2.34. The standard InChI is InChI=1S/C11H18N2O4/c1-16-11(15)9-3-2-5-13(9)10(14)8-7-17-6-4-12-8/h8-9,12H,2-7H2,1H3/t8-,9+/m1/s1. The number of nitrogens with one attached hydrogen (secondary N) is 1. The zero-order valence-corrected chi connectivity index (χ0v) is 9.98. The molecule has 0 aliphatic carbocycles. The van der Waals surface area contributed by atoms with Crippen LogP contribution in [0, 0.1) is 0 Å². The van der Waals surface area contributed by atoms with E-state index in [9.17, 15) is 9.59 Å². The van der Waals surface area contributed by atoms with Gasteiger partial charge in [0.15, 0.2) is 0 Å². The van der Waals surface area contributed by atoms with E-state index >= 15 is 0 Å². The zero-order valence-electron chi connectivity index (χ0n) is 9.98. The molecular weight excluding hydrogens is 224 g/mol. The molecule has 2 heterocycles. The van der Waals surface area contributed by atoms with Gasteiger partial charge in [-0.25, -0.2) is 4.79 Å². The Labute approximate surface area is 100 Å². The number of carbonyl (C=O) groups excluding carboxylic acids is 2. The summed E-state index contributed by atoms with van der Waals surface area (Å²) in [5, 5.41) is 3.10. The third-order valence-corrected chi connectivity index (χ3v) is 3.23. The van der Waals surface area contributed by atoms with E-state index in [1.807, 2.05) is 0 Å². The van der Waals surface area contributed by atoms with Crippen LogP contribution in [-0.4, -0.2) is 62.3 Å². The highest BCUT2D eigenvalue weighted by Crippen LogP contribution is 2.19. The Morgan fingerprint density at radius 2 is 2.29 bits per heavy atom. The van der Waals surface area contributed by atoms with Gasteiger partial charge < -0.3 is 19.7 Å². The van der Waals surface area contributed by atoms with Gasteiger partial charge in [-0.05, 0) is 12.8 Å². The molecule has 0 aromatic carbocycles. The van der Waals surface area contributed by atoms with E-state index in [2.05, 4.69) is 5.32 Å². The fourth-order valence-electron chi connectivity index (χ4n) is 2.34. The highest BCUT2D eigenvalue weighted by Gasteiger charge is 2.38. The van der Waals surface area contributed by atoms with E-state index in [1.165, 1.54) is 7.11 Å². The molecule has 2 rings (SSSR count). The van der Waals surface area contributed by atoms with Gasteiger partial charge in [0, 0.05) is 13.1 Å². The Balaban J connectivity index is 1.99. The predicted molar refractivity (Wildman–Crippen MR) is 59.4 cm³/mol. The topological polar surface area (TPSA) is 67.9 Å². The van der Waals surface area contributed by atoms with Gasteiger partial charge in [0.2, 0.25) is 5.91 Å². The number of esters is 1. The number of rotatable bonds is 2. The average molecular weight is 242 g/mol. The van der Waals surface area contributed by atoms with Crippen LogP contribution in [0.4, 0.5) is 0 Å². The van der Waals surface area contributed by atoms with Crippen molar-refractivity contribution in [1.29, 1.82) is 0 Å². The molecule has 0 saturated carbocycles. The molecule has 0 spiro atoms. The highest BCUT2D eigenvalue weighted by atomic mass is 16.5. The number of nitrogens with zero attached hydrogens (tertiary/aromatic N) is 1. The van der Waals surface area contributed by atoms with E-state index in [4.69, 9.17) is 9.47 Å². The van der Waals surface area contributed by atoms with Crippen molar-refractivity contribution in [3.8, 4) is 0 Å². The lowest BCUT2D eigenvalue weighted by Gasteiger charge is -2.30. The molecule has 0 aromatic heterocycles. The van der Waals surface area contributed by atoms with E-state index in [-0.39, 0.29) is 17.9 Å². The van der Waals surface area contributed by atoms with Gasteiger partial charge in [0.1, 0.15) is 12.1 Å². The molecule has 6 heteroatoms. The number of hydrogen-bond acceptors (Lipinski definition) is 5. The van der Waals surface area contributed by atoms with Crippen LogP contribution >= 0.6 is 0 Å². The summed E-state index contributed by atoms with van der Waals surface area (Å²) in [5.41, 5.74) is 0. The van der Waals surface area contributed by atoms with Crippen molar-refractivity contribution in [3.63, 3.8) is 0 Å². The first kappa shape index (κ1) is 12.3. The summed E-state index contributed by atoms with van der Waals surface area (Å²) in [6, 6.07) is -0.745. The minimum atomic E-state index is -0.420. The largest absolute Gasteiger partial charge is 0.467 e. The second-order valence-electron chi connectivity index (χ2n) is 4.29. The minimum absolute atomic E-state index is 0.0578. The molecule has 2 fully saturated rings. The van der Waals surface area contributed by atoms with Crippen molar-refractivity contribution in [2.24, 2.45) is 0 Å². The Morgan fingerprint density at radius 3 is 2.94 bits per heavy atom. The SMILES string of the molecule is COC(=O)[C@@H]1CCCN1C(=O)[C@H]1COCCN1. The van der Waals surface area contributed by atoms with Crippen LogP contribution in [-0.2, 0) is 19.1 Å². The number of hydrogen-bond donors (Lipinski definition) is 1. The van der Waals surface area contributed by atoms with Gasteiger partial charge in [0.05, 0.1) is 20.3 Å². The molecule has 2 aliphatic heterocycles. The number of amides is 1. The number of carbonyl (C=O) groups is 2. The maximum Gasteiger partial charge on any atom is 0.328 e. The van der Waals surface area contributed by atoms with Crippen molar-refractivity contribution in [2.45, 2.75) is 24.9 Å². The van der Waals surface area contributed by atoms with Crippen LogP contribution in [0.25, 0.3) is 0 Å². The molecule has 1 N–H and O–H groups in total. The normalized spacial score (nSPS) is 29.1. The molecule has 0 bridgehead atoms. The molecule has 2 atom stereocenters. The maximum atomic E-state index is 12.2. The number of ether oxygens (including phenoxy) is 2. The van der Waals surface area contributed by atoms with Crippen molar-refractivity contribution in [3.05, 3.63) is 0 Å². The summed E-state index contributed by atoms with van der Waals surface area (Å²) < 4.78 is 9.98. The average Bonchev–Trinajstić information content (AvgIpc) is 2.87. The minimum Gasteiger partial charge on any atom is -0.467 e. The van der Waals surface area contributed by atoms with Crippen LogP contribution in [0.5, 0.6) is 0 Å². The van der Waals surface area contributed by atoms with Crippen LogP contribution < -0.4 is 5.32 Å². The summed E-state index contributed by atoms with van der Waals surface area (Å²) in [5.74, 6) is -0.384. The number of methoxy groups -OCH3 is 1. The second kappa shape index (κ2) is 5.46. The molecule has 2 aliphatic rings. The first-order chi connectivity index (χ1) is 8.24. The summed E-state index contributed by atoms with van der Waals surface area (Å²) in [4.78, 5) is 25.4. The number of likely N-dealkylation sites (tertiary alicyclic amines) is 1. The predicted octanol–water partition coefficient (Wildman–Crippen LogP) is -0.861. The summed E-state index contributed by atoms with van der Waals surface area (Å²) >= 11 is 0. The van der Waals surface area contributed by atoms with Gasteiger partial charge in [0.25, 0.3) is 0 Å². The third-order valence-electron chi connectivity index (χ3n) is 3.23. The van der Waals surface area contributed by atoms with Crippen molar-refractivity contribution >= 4 is 11.9 Å². The lowest BCUT2D eigenvalue weighted by molar-refractivity contribution is -0.152. The lowest BCUT2D eigenvalue weighted by atomic mass is 10.2. The van der Waals surface area contributed by atoms with E-state index in [0.29, 0.717) is 32.7 Å². The summed E-state index contributed by atoms with van der Waals surface area (Å²) in [7, 11) is 1.35. The van der Waals surface area contributed by atoms with Crippen LogP contribution in [0.2, 0.25) is 0 Å². The van der Waals surface area contributed by atoms with Crippen LogP contribution in [0.15, 0.2) is 0 Å². The van der Waals surface area contributed by atoms with Gasteiger partial charge >= 0.3 is 5.97 Å². The monoisotopic (exact) mass is 242 g/mol. The molecular formula is C11H18N2O4. The quantitative estimate of drug-likeness (QED) is 0.638. The summed E-state index contributed by atoms with van der Waals surface area (Å²) in [6.07, 6.45) is 1.53. The first-order valence-electron chi connectivity index (χ1n) is 5.93. The molecule has 0 unspecified atom stereocenters. The Kier molecular flexibility index (Phi) is 3.96. The van der Waals surface area contributed by atoms with Crippen LogP contribution in [0.1, 0.15) is 12.8 Å². The third kappa shape index (κ3) is 2.58. The van der Waals surface area contributed by atoms with Crippen molar-refractivity contribution < 1.29 is 19.1 Å².